The normalized spacial score (nSPS) is 11.3. The lowest BCUT2D eigenvalue weighted by Crippen LogP contribution is -1.94. The van der Waals surface area contributed by atoms with Gasteiger partial charge < -0.3 is 9.13 Å². The van der Waals surface area contributed by atoms with E-state index in [0.717, 1.165) is 0 Å². The van der Waals surface area contributed by atoms with Crippen LogP contribution in [0.2, 0.25) is 0 Å². The number of hydrogen-bond donors (Lipinski definition) is 0. The van der Waals surface area contributed by atoms with Crippen LogP contribution in [0.15, 0.2) is 133 Å². The summed E-state index contributed by atoms with van der Waals surface area (Å²) in [6, 6.07) is 48.7. The molecule has 9 rings (SSSR count). The fraction of sp³-hybridized carbons (Fsp3) is 0.100. The summed E-state index contributed by atoms with van der Waals surface area (Å²) in [6.45, 7) is 8.00. The van der Waals surface area contributed by atoms with E-state index in [-0.39, 0.29) is 0 Å². The molecule has 3 aromatic heterocycles. The van der Waals surface area contributed by atoms with E-state index in [9.17, 15) is 0 Å². The number of hydrogen-bond acceptors (Lipinski definition) is 1. The van der Waals surface area contributed by atoms with E-state index < -0.39 is 0 Å². The summed E-state index contributed by atoms with van der Waals surface area (Å²) >= 11 is 1.87. The van der Waals surface area contributed by atoms with Gasteiger partial charge in [-0.1, -0.05) is 100 Å². The molecule has 2 nitrogen and oxygen atoms in total. The van der Waals surface area contributed by atoms with Gasteiger partial charge in [-0.2, -0.15) is 0 Å². The van der Waals surface area contributed by atoms with Crippen LogP contribution in [0.4, 0.5) is 0 Å². The molecule has 3 heteroatoms. The zero-order chi connectivity index (χ0) is 29.5. The molecule has 6 aromatic carbocycles. The summed E-state index contributed by atoms with van der Waals surface area (Å²) in [6.07, 6.45) is 0. The van der Waals surface area contributed by atoms with Crippen LogP contribution in [0.1, 0.15) is 27.7 Å². The zero-order valence-corrected chi connectivity index (χ0v) is 25.8. The first-order valence-corrected chi connectivity index (χ1v) is 16.1. The molecular weight excluding hydrogens is 541 g/mol. The number of fused-ring (bicyclic) bond motifs is 9. The van der Waals surface area contributed by atoms with Crippen LogP contribution >= 0.6 is 11.3 Å². The third-order valence-electron chi connectivity index (χ3n) is 8.11. The van der Waals surface area contributed by atoms with Crippen LogP contribution in [0.5, 0.6) is 0 Å². The van der Waals surface area contributed by atoms with E-state index in [2.05, 4.69) is 143 Å². The van der Waals surface area contributed by atoms with E-state index in [4.69, 9.17) is 0 Å². The van der Waals surface area contributed by atoms with E-state index in [1.807, 2.05) is 39.0 Å². The van der Waals surface area contributed by atoms with Gasteiger partial charge in [-0.3, -0.25) is 0 Å². The van der Waals surface area contributed by atoms with Crippen LogP contribution in [-0.4, -0.2) is 9.13 Å². The highest BCUT2D eigenvalue weighted by Gasteiger charge is 2.15. The largest absolute Gasteiger partial charge is 0.309 e. The summed E-state index contributed by atoms with van der Waals surface area (Å²) in [5.74, 6) is 0. The van der Waals surface area contributed by atoms with Crippen molar-refractivity contribution >= 4 is 75.1 Å². The number of thiophene rings is 1. The van der Waals surface area contributed by atoms with Crippen molar-refractivity contribution in [3.05, 3.63) is 133 Å². The Balaban J connectivity index is 0.000000723. The van der Waals surface area contributed by atoms with Crippen molar-refractivity contribution in [2.75, 3.05) is 0 Å². The molecule has 0 unspecified atom stereocenters. The van der Waals surface area contributed by atoms with Gasteiger partial charge in [-0.15, -0.1) is 11.3 Å². The maximum atomic E-state index is 2.41. The van der Waals surface area contributed by atoms with Gasteiger partial charge in [0, 0.05) is 53.1 Å². The molecule has 0 spiro atoms. The predicted octanol–water partition coefficient (Wildman–Crippen LogP) is 12.3. The molecule has 0 radical (unpaired) electrons. The van der Waals surface area contributed by atoms with Crippen molar-refractivity contribution in [2.24, 2.45) is 0 Å². The molecule has 43 heavy (non-hydrogen) atoms. The van der Waals surface area contributed by atoms with Gasteiger partial charge in [-0.05, 0) is 60.7 Å². The summed E-state index contributed by atoms with van der Waals surface area (Å²) in [5, 5.41) is 7.76. The molecule has 0 saturated carbocycles. The van der Waals surface area contributed by atoms with Crippen LogP contribution in [0, 0.1) is 0 Å². The Hall–Kier alpha value is -4.86. The highest BCUT2D eigenvalue weighted by molar-refractivity contribution is 7.25. The van der Waals surface area contributed by atoms with Crippen molar-refractivity contribution in [3.8, 4) is 11.4 Å². The summed E-state index contributed by atoms with van der Waals surface area (Å²) in [7, 11) is 0. The minimum atomic E-state index is 1.20. The number of benzene rings is 6. The average Bonchev–Trinajstić information content (AvgIpc) is 3.74. The van der Waals surface area contributed by atoms with Crippen LogP contribution in [0.25, 0.3) is 75.2 Å². The maximum absolute atomic E-state index is 2.41. The van der Waals surface area contributed by atoms with Crippen molar-refractivity contribution in [2.45, 2.75) is 27.7 Å². The van der Waals surface area contributed by atoms with E-state index in [1.54, 1.807) is 0 Å². The lowest BCUT2D eigenvalue weighted by molar-refractivity contribution is 1.18. The van der Waals surface area contributed by atoms with Crippen molar-refractivity contribution in [3.63, 3.8) is 0 Å². The Kier molecular flexibility index (Phi) is 6.96. The highest BCUT2D eigenvalue weighted by Crippen LogP contribution is 2.40. The second-order valence-electron chi connectivity index (χ2n) is 10.2. The lowest BCUT2D eigenvalue weighted by atomic mass is 10.1. The molecule has 0 amide bonds. The Morgan fingerprint density at radius 3 is 0.977 bits per heavy atom. The summed E-state index contributed by atoms with van der Waals surface area (Å²) < 4.78 is 7.44. The minimum Gasteiger partial charge on any atom is -0.309 e. The third-order valence-corrected chi connectivity index (χ3v) is 9.26. The van der Waals surface area contributed by atoms with Crippen LogP contribution < -0.4 is 0 Å². The van der Waals surface area contributed by atoms with Crippen molar-refractivity contribution in [1.29, 1.82) is 0 Å². The summed E-state index contributed by atoms with van der Waals surface area (Å²) in [5.41, 5.74) is 7.35. The predicted molar refractivity (Wildman–Crippen MR) is 191 cm³/mol. The number of nitrogens with zero attached hydrogens (tertiary/aromatic N) is 2. The fourth-order valence-corrected chi connectivity index (χ4v) is 7.50. The topological polar surface area (TPSA) is 9.86 Å². The molecule has 0 saturated heterocycles. The molecule has 0 aliphatic rings. The number of para-hydroxylation sites is 4. The van der Waals surface area contributed by atoms with Gasteiger partial charge in [0.1, 0.15) is 0 Å². The van der Waals surface area contributed by atoms with Gasteiger partial charge in [0.15, 0.2) is 0 Å². The Morgan fingerprint density at radius 1 is 0.349 bits per heavy atom. The Labute approximate surface area is 256 Å². The monoisotopic (exact) mass is 574 g/mol. The molecule has 210 valence electrons. The number of aromatic nitrogens is 2. The van der Waals surface area contributed by atoms with E-state index >= 15 is 0 Å². The molecule has 0 fully saturated rings. The molecule has 9 aromatic rings. The van der Waals surface area contributed by atoms with Gasteiger partial charge in [0.2, 0.25) is 0 Å². The van der Waals surface area contributed by atoms with Gasteiger partial charge >= 0.3 is 0 Å². The van der Waals surface area contributed by atoms with Crippen molar-refractivity contribution < 1.29 is 0 Å². The maximum Gasteiger partial charge on any atom is 0.0541 e. The second-order valence-corrected chi connectivity index (χ2v) is 11.3. The average molecular weight is 575 g/mol. The molecule has 0 N–H and O–H groups in total. The first-order chi connectivity index (χ1) is 21.3. The first-order valence-electron chi connectivity index (χ1n) is 15.3. The molecule has 0 bridgehead atoms. The Bertz CT molecular complexity index is 2130. The third kappa shape index (κ3) is 4.15. The van der Waals surface area contributed by atoms with Crippen molar-refractivity contribution in [1.82, 2.24) is 9.13 Å². The summed E-state index contributed by atoms with van der Waals surface area (Å²) in [4.78, 5) is 0. The quantitative estimate of drug-likeness (QED) is 0.194. The van der Waals surface area contributed by atoms with Gasteiger partial charge in [0.05, 0.1) is 22.1 Å². The SMILES string of the molecule is CC.CC.c1ccc2c(c1)c1ccccc1n2-c1ccc2sc3ccc(-n4c5ccccc5c5ccccc54)cc3c2c1. The Morgan fingerprint density at radius 2 is 0.651 bits per heavy atom. The van der Waals surface area contributed by atoms with Crippen LogP contribution in [0.3, 0.4) is 0 Å². The van der Waals surface area contributed by atoms with E-state index in [0.29, 0.717) is 0 Å². The minimum absolute atomic E-state index is 1.20. The molecular formula is C40H34N2S. The first kappa shape index (κ1) is 27.0. The fourth-order valence-electron chi connectivity index (χ4n) is 6.43. The lowest BCUT2D eigenvalue weighted by Gasteiger charge is -2.09. The molecule has 3 heterocycles. The molecule has 0 aliphatic carbocycles. The zero-order valence-electron chi connectivity index (χ0n) is 25.0. The van der Waals surface area contributed by atoms with Crippen LogP contribution in [-0.2, 0) is 0 Å². The van der Waals surface area contributed by atoms with Gasteiger partial charge in [-0.25, -0.2) is 0 Å². The smallest absolute Gasteiger partial charge is 0.0541 e. The number of rotatable bonds is 2. The second kappa shape index (κ2) is 11.1. The molecule has 0 aliphatic heterocycles. The van der Waals surface area contributed by atoms with Gasteiger partial charge in [0.25, 0.3) is 0 Å². The standard InChI is InChI=1S/C36H22N2S.2C2H6/c1-5-13-31-25(9-1)26-10-2-6-14-32(26)37(31)23-17-19-35-29(21-23)30-22-24(18-20-36(30)39-35)38-33-15-7-3-11-27(33)28-12-4-8-16-34(28)38;2*1-2/h1-22H;2*1-2H3. The van der Waals surface area contributed by atoms with E-state index in [1.165, 1.54) is 75.2 Å². The highest BCUT2D eigenvalue weighted by atomic mass is 32.1. The molecule has 0 atom stereocenters.